The Morgan fingerprint density at radius 3 is 2.33 bits per heavy atom. The number of nitrogens with zero attached hydrogens (tertiary/aromatic N) is 1. The summed E-state index contributed by atoms with van der Waals surface area (Å²) in [6.45, 7) is 8.66. The van der Waals surface area contributed by atoms with Crippen molar-refractivity contribution in [2.24, 2.45) is 0 Å². The van der Waals surface area contributed by atoms with Crippen LogP contribution in [-0.2, 0) is 0 Å². The molecule has 0 bridgehead atoms. The summed E-state index contributed by atoms with van der Waals surface area (Å²) < 4.78 is 0. The SMILES string of the molecule is Cc1cc(C)cc(N2CC(C)NCC2c2ccccc2)c1. The predicted molar refractivity (Wildman–Crippen MR) is 89.9 cm³/mol. The van der Waals surface area contributed by atoms with Crippen LogP contribution in [0.2, 0.25) is 0 Å². The van der Waals surface area contributed by atoms with Gasteiger partial charge in [0.25, 0.3) is 0 Å². The molecule has 2 aromatic rings. The molecule has 1 heterocycles. The lowest BCUT2D eigenvalue weighted by molar-refractivity contribution is 0.416. The third-order valence-corrected chi connectivity index (χ3v) is 4.23. The van der Waals surface area contributed by atoms with E-state index in [4.69, 9.17) is 0 Å². The first-order chi connectivity index (χ1) is 10.1. The first-order valence-corrected chi connectivity index (χ1v) is 7.77. The van der Waals surface area contributed by atoms with E-state index in [1.807, 2.05) is 0 Å². The highest BCUT2D eigenvalue weighted by Gasteiger charge is 2.27. The van der Waals surface area contributed by atoms with E-state index >= 15 is 0 Å². The standard InChI is InChI=1S/C19H24N2/c1-14-9-15(2)11-18(10-14)21-13-16(3)20-12-19(21)17-7-5-4-6-8-17/h4-11,16,19-20H,12-13H2,1-3H3. The molecule has 1 N–H and O–H groups in total. The van der Waals surface area contributed by atoms with Crippen LogP contribution < -0.4 is 10.2 Å². The molecule has 0 saturated carbocycles. The molecule has 1 aliphatic rings. The topological polar surface area (TPSA) is 15.3 Å². The monoisotopic (exact) mass is 280 g/mol. The maximum absolute atomic E-state index is 3.62. The molecule has 110 valence electrons. The van der Waals surface area contributed by atoms with Crippen LogP contribution in [0.4, 0.5) is 5.69 Å². The highest BCUT2D eigenvalue weighted by molar-refractivity contribution is 5.53. The van der Waals surface area contributed by atoms with Crippen molar-refractivity contribution in [2.75, 3.05) is 18.0 Å². The lowest BCUT2D eigenvalue weighted by Crippen LogP contribution is -2.51. The van der Waals surface area contributed by atoms with E-state index in [0.717, 1.165) is 13.1 Å². The molecule has 3 rings (SSSR count). The van der Waals surface area contributed by atoms with Crippen molar-refractivity contribution in [3.05, 3.63) is 65.2 Å². The Balaban J connectivity index is 1.98. The molecular formula is C19H24N2. The van der Waals surface area contributed by atoms with E-state index in [1.165, 1.54) is 22.4 Å². The van der Waals surface area contributed by atoms with Gasteiger partial charge in [0.1, 0.15) is 0 Å². The van der Waals surface area contributed by atoms with E-state index < -0.39 is 0 Å². The van der Waals surface area contributed by atoms with Gasteiger partial charge in [-0.15, -0.1) is 0 Å². The van der Waals surface area contributed by atoms with Gasteiger partial charge in [-0.1, -0.05) is 36.4 Å². The number of hydrogen-bond donors (Lipinski definition) is 1. The molecule has 0 radical (unpaired) electrons. The molecule has 0 aliphatic carbocycles. The minimum Gasteiger partial charge on any atom is -0.362 e. The zero-order chi connectivity index (χ0) is 14.8. The highest BCUT2D eigenvalue weighted by atomic mass is 15.2. The first-order valence-electron chi connectivity index (χ1n) is 7.77. The van der Waals surface area contributed by atoms with E-state index in [1.54, 1.807) is 0 Å². The summed E-state index contributed by atoms with van der Waals surface area (Å²) in [6.07, 6.45) is 0. The maximum Gasteiger partial charge on any atom is 0.0667 e. The summed E-state index contributed by atoms with van der Waals surface area (Å²) in [7, 11) is 0. The van der Waals surface area contributed by atoms with Crippen LogP contribution in [-0.4, -0.2) is 19.1 Å². The minimum atomic E-state index is 0.406. The fourth-order valence-corrected chi connectivity index (χ4v) is 3.28. The normalized spacial score (nSPS) is 22.3. The molecule has 1 saturated heterocycles. The summed E-state index contributed by atoms with van der Waals surface area (Å²) in [5.41, 5.74) is 5.40. The lowest BCUT2D eigenvalue weighted by atomic mass is 9.99. The van der Waals surface area contributed by atoms with Gasteiger partial charge in [0.2, 0.25) is 0 Å². The third-order valence-electron chi connectivity index (χ3n) is 4.23. The molecule has 0 spiro atoms. The molecule has 2 nitrogen and oxygen atoms in total. The Labute approximate surface area is 127 Å². The zero-order valence-corrected chi connectivity index (χ0v) is 13.1. The van der Waals surface area contributed by atoms with Crippen LogP contribution in [0.1, 0.15) is 29.7 Å². The summed E-state index contributed by atoms with van der Waals surface area (Å²) in [6, 6.07) is 18.6. The molecule has 2 heteroatoms. The number of anilines is 1. The van der Waals surface area contributed by atoms with Crippen LogP contribution in [0.15, 0.2) is 48.5 Å². The van der Waals surface area contributed by atoms with Gasteiger partial charge in [0.05, 0.1) is 6.04 Å². The van der Waals surface area contributed by atoms with Gasteiger partial charge in [-0.05, 0) is 49.6 Å². The molecule has 0 aromatic heterocycles. The zero-order valence-electron chi connectivity index (χ0n) is 13.1. The minimum absolute atomic E-state index is 0.406. The summed E-state index contributed by atoms with van der Waals surface area (Å²) in [5.74, 6) is 0. The Morgan fingerprint density at radius 1 is 1.00 bits per heavy atom. The Bertz CT molecular complexity index is 586. The van der Waals surface area contributed by atoms with Gasteiger partial charge in [-0.2, -0.15) is 0 Å². The average molecular weight is 280 g/mol. The Morgan fingerprint density at radius 2 is 1.67 bits per heavy atom. The molecule has 21 heavy (non-hydrogen) atoms. The van der Waals surface area contributed by atoms with Crippen molar-refractivity contribution in [1.29, 1.82) is 0 Å². The van der Waals surface area contributed by atoms with Crippen molar-refractivity contribution in [3.8, 4) is 0 Å². The van der Waals surface area contributed by atoms with E-state index in [9.17, 15) is 0 Å². The number of piperazine rings is 1. The van der Waals surface area contributed by atoms with Crippen LogP contribution in [0.25, 0.3) is 0 Å². The van der Waals surface area contributed by atoms with Gasteiger partial charge in [-0.25, -0.2) is 0 Å². The van der Waals surface area contributed by atoms with Crippen molar-refractivity contribution in [3.63, 3.8) is 0 Å². The molecule has 1 fully saturated rings. The molecular weight excluding hydrogens is 256 g/mol. The lowest BCUT2D eigenvalue weighted by Gasteiger charge is -2.41. The molecule has 1 aliphatic heterocycles. The quantitative estimate of drug-likeness (QED) is 0.899. The molecule has 2 aromatic carbocycles. The third kappa shape index (κ3) is 3.11. The van der Waals surface area contributed by atoms with Crippen molar-refractivity contribution in [2.45, 2.75) is 32.9 Å². The molecule has 2 atom stereocenters. The summed E-state index contributed by atoms with van der Waals surface area (Å²) in [4.78, 5) is 2.55. The van der Waals surface area contributed by atoms with Gasteiger partial charge >= 0.3 is 0 Å². The Hall–Kier alpha value is -1.80. The second kappa shape index (κ2) is 5.90. The van der Waals surface area contributed by atoms with Gasteiger partial charge in [0, 0.05) is 24.8 Å². The number of rotatable bonds is 2. The van der Waals surface area contributed by atoms with Crippen LogP contribution in [0.5, 0.6) is 0 Å². The number of hydrogen-bond acceptors (Lipinski definition) is 2. The molecule has 2 unspecified atom stereocenters. The van der Waals surface area contributed by atoms with Crippen molar-refractivity contribution >= 4 is 5.69 Å². The fourth-order valence-electron chi connectivity index (χ4n) is 3.28. The van der Waals surface area contributed by atoms with E-state index in [-0.39, 0.29) is 0 Å². The van der Waals surface area contributed by atoms with Gasteiger partial charge < -0.3 is 10.2 Å². The number of benzene rings is 2. The fraction of sp³-hybridized carbons (Fsp3) is 0.368. The van der Waals surface area contributed by atoms with Crippen LogP contribution in [0, 0.1) is 13.8 Å². The summed E-state index contributed by atoms with van der Waals surface area (Å²) >= 11 is 0. The van der Waals surface area contributed by atoms with Crippen LogP contribution >= 0.6 is 0 Å². The smallest absolute Gasteiger partial charge is 0.0667 e. The van der Waals surface area contributed by atoms with Crippen molar-refractivity contribution < 1.29 is 0 Å². The van der Waals surface area contributed by atoms with Gasteiger partial charge in [0.15, 0.2) is 0 Å². The Kier molecular flexibility index (Phi) is 3.98. The largest absolute Gasteiger partial charge is 0.362 e. The maximum atomic E-state index is 3.62. The van der Waals surface area contributed by atoms with E-state index in [0.29, 0.717) is 12.1 Å². The highest BCUT2D eigenvalue weighted by Crippen LogP contribution is 2.30. The number of nitrogens with one attached hydrogen (secondary N) is 1. The second-order valence-corrected chi connectivity index (χ2v) is 6.23. The van der Waals surface area contributed by atoms with E-state index in [2.05, 4.69) is 79.5 Å². The average Bonchev–Trinajstić information content (AvgIpc) is 2.47. The second-order valence-electron chi connectivity index (χ2n) is 6.23. The summed E-state index contributed by atoms with van der Waals surface area (Å²) in [5, 5.41) is 3.62. The number of aryl methyl sites for hydroxylation is 2. The van der Waals surface area contributed by atoms with Gasteiger partial charge in [-0.3, -0.25) is 0 Å². The van der Waals surface area contributed by atoms with Crippen LogP contribution in [0.3, 0.4) is 0 Å². The van der Waals surface area contributed by atoms with Crippen molar-refractivity contribution in [1.82, 2.24) is 5.32 Å². The first kappa shape index (κ1) is 14.2. The predicted octanol–water partition coefficient (Wildman–Crippen LogP) is 3.84. The molecule has 0 amide bonds.